The first-order valence-corrected chi connectivity index (χ1v) is 5.90. The first-order valence-electron chi connectivity index (χ1n) is 5.90. The second-order valence-electron chi connectivity index (χ2n) is 3.96. The molecule has 1 unspecified atom stereocenters. The van der Waals surface area contributed by atoms with Crippen LogP contribution in [0.15, 0.2) is 0 Å². The molecule has 112 valence electrons. The van der Waals surface area contributed by atoms with Gasteiger partial charge >= 0.3 is 17.9 Å². The number of hydrogen-bond acceptors (Lipinski definition) is 5. The number of hydrogen-bond donors (Lipinski definition) is 5. The molecule has 0 rings (SSSR count). The number of carboxylic acids is 3. The van der Waals surface area contributed by atoms with E-state index in [4.69, 9.17) is 26.8 Å². The van der Waals surface area contributed by atoms with Crippen LogP contribution in [0.1, 0.15) is 39.0 Å². The van der Waals surface area contributed by atoms with Crippen molar-refractivity contribution in [2.75, 3.05) is 0 Å². The molecule has 7 N–H and O–H groups in total. The first kappa shape index (κ1) is 19.7. The van der Waals surface area contributed by atoms with Crippen LogP contribution < -0.4 is 11.5 Å². The lowest BCUT2D eigenvalue weighted by Crippen LogP contribution is -2.30. The summed E-state index contributed by atoms with van der Waals surface area (Å²) in [5, 5.41) is 24.6. The van der Waals surface area contributed by atoms with Crippen LogP contribution in [0.3, 0.4) is 0 Å². The molecule has 8 heteroatoms. The average Bonchev–Trinajstić information content (AvgIpc) is 2.33. The molecule has 0 aliphatic heterocycles. The van der Waals surface area contributed by atoms with Crippen molar-refractivity contribution in [2.24, 2.45) is 11.5 Å². The molecular weight excluding hydrogens is 256 g/mol. The van der Waals surface area contributed by atoms with E-state index in [0.717, 1.165) is 12.8 Å². The molecule has 0 radical (unpaired) electrons. The van der Waals surface area contributed by atoms with Gasteiger partial charge in [-0.25, -0.2) is 0 Å². The maximum absolute atomic E-state index is 10.1. The topological polar surface area (TPSA) is 164 Å². The minimum absolute atomic E-state index is 0.0231. The normalized spacial score (nSPS) is 12.8. The Morgan fingerprint density at radius 3 is 1.68 bits per heavy atom. The number of nitrogens with two attached hydrogens (primary N) is 2. The van der Waals surface area contributed by atoms with Gasteiger partial charge in [-0.15, -0.1) is 0 Å². The molecule has 0 fully saturated rings. The van der Waals surface area contributed by atoms with Gasteiger partial charge in [0.15, 0.2) is 0 Å². The van der Waals surface area contributed by atoms with Gasteiger partial charge in [0.1, 0.15) is 12.1 Å². The van der Waals surface area contributed by atoms with Crippen molar-refractivity contribution >= 4 is 17.9 Å². The number of aliphatic carboxylic acids is 3. The Hall–Kier alpha value is -1.67. The van der Waals surface area contributed by atoms with Crippen LogP contribution in [0.4, 0.5) is 0 Å². The van der Waals surface area contributed by atoms with Gasteiger partial charge in [-0.05, 0) is 12.8 Å². The Morgan fingerprint density at radius 1 is 0.947 bits per heavy atom. The van der Waals surface area contributed by atoms with E-state index in [1.54, 1.807) is 0 Å². The molecule has 0 aromatic heterocycles. The molecule has 0 spiro atoms. The molecule has 0 aromatic rings. The lowest BCUT2D eigenvalue weighted by atomic mass is 10.1. The summed E-state index contributed by atoms with van der Waals surface area (Å²) in [7, 11) is 0. The molecule has 0 saturated carbocycles. The third kappa shape index (κ3) is 14.3. The largest absolute Gasteiger partial charge is 0.481 e. The van der Waals surface area contributed by atoms with Crippen molar-refractivity contribution in [2.45, 2.75) is 51.1 Å². The Morgan fingerprint density at radius 2 is 1.37 bits per heavy atom. The molecule has 19 heavy (non-hydrogen) atoms. The predicted octanol–water partition coefficient (Wildman–Crippen LogP) is -0.148. The smallest absolute Gasteiger partial charge is 0.320 e. The van der Waals surface area contributed by atoms with E-state index in [-0.39, 0.29) is 12.8 Å². The monoisotopic (exact) mass is 278 g/mol. The second-order valence-corrected chi connectivity index (χ2v) is 3.96. The molecule has 0 aliphatic carbocycles. The van der Waals surface area contributed by atoms with Crippen LogP contribution in [0.25, 0.3) is 0 Å². The maximum atomic E-state index is 10.1. The van der Waals surface area contributed by atoms with E-state index in [9.17, 15) is 14.4 Å². The predicted molar refractivity (Wildman–Crippen MR) is 67.6 cm³/mol. The molecule has 0 aromatic carbocycles. The van der Waals surface area contributed by atoms with Crippen LogP contribution in [-0.4, -0.2) is 45.3 Å². The lowest BCUT2D eigenvalue weighted by Gasteiger charge is -2.02. The lowest BCUT2D eigenvalue weighted by molar-refractivity contribution is -0.140. The van der Waals surface area contributed by atoms with Crippen LogP contribution >= 0.6 is 0 Å². The van der Waals surface area contributed by atoms with Crippen molar-refractivity contribution in [1.29, 1.82) is 0 Å². The highest BCUT2D eigenvalue weighted by Crippen LogP contribution is 1.97. The molecule has 0 amide bonds. The summed E-state index contributed by atoms with van der Waals surface area (Å²) in [6.07, 6.45) is 2.26. The van der Waals surface area contributed by atoms with Crippen LogP contribution in [0, 0.1) is 0 Å². The van der Waals surface area contributed by atoms with E-state index in [0.29, 0.717) is 6.42 Å². The Labute approximate surface area is 111 Å². The highest BCUT2D eigenvalue weighted by molar-refractivity contribution is 5.74. The van der Waals surface area contributed by atoms with Crippen molar-refractivity contribution in [3.63, 3.8) is 0 Å². The van der Waals surface area contributed by atoms with Crippen molar-refractivity contribution < 1.29 is 29.7 Å². The summed E-state index contributed by atoms with van der Waals surface area (Å²) in [5.74, 6) is -3.10. The first-order chi connectivity index (χ1) is 8.72. The van der Waals surface area contributed by atoms with Gasteiger partial charge in [-0.3, -0.25) is 14.4 Å². The number of rotatable bonds is 8. The summed E-state index contributed by atoms with van der Waals surface area (Å²) >= 11 is 0. The highest BCUT2D eigenvalue weighted by atomic mass is 16.4. The fourth-order valence-corrected chi connectivity index (χ4v) is 0.950. The minimum Gasteiger partial charge on any atom is -0.481 e. The van der Waals surface area contributed by atoms with Crippen molar-refractivity contribution in [1.82, 2.24) is 0 Å². The molecule has 0 saturated heterocycles. The highest BCUT2D eigenvalue weighted by Gasteiger charge is 2.12. The van der Waals surface area contributed by atoms with Gasteiger partial charge in [0.25, 0.3) is 0 Å². The van der Waals surface area contributed by atoms with E-state index >= 15 is 0 Å². The van der Waals surface area contributed by atoms with Gasteiger partial charge < -0.3 is 26.8 Å². The number of carbonyl (C=O) groups is 3. The van der Waals surface area contributed by atoms with E-state index in [1.165, 1.54) is 0 Å². The summed E-state index contributed by atoms with van der Waals surface area (Å²) < 4.78 is 0. The molecule has 8 nitrogen and oxygen atoms in total. The summed E-state index contributed by atoms with van der Waals surface area (Å²) in [4.78, 5) is 30.0. The van der Waals surface area contributed by atoms with Crippen LogP contribution in [0.2, 0.25) is 0 Å². The van der Waals surface area contributed by atoms with Crippen molar-refractivity contribution in [3.8, 4) is 0 Å². The Kier molecular flexibility index (Phi) is 11.8. The number of unbranched alkanes of at least 4 members (excludes halogenated alkanes) is 1. The fraction of sp³-hybridized carbons (Fsp3) is 0.727. The zero-order valence-electron chi connectivity index (χ0n) is 10.9. The molecule has 0 heterocycles. The molecular formula is C11H22N2O6. The third-order valence-electron chi connectivity index (χ3n) is 2.17. The van der Waals surface area contributed by atoms with E-state index < -0.39 is 30.0 Å². The standard InChI is InChI=1S/C6H13NO2.C5H9NO4/c1-2-3-4-5(7)6(8)9;6-3(5(9)10)1-2-4(7)8/h5H,2-4,7H2,1H3,(H,8,9);3H,1-2,6H2,(H,7,8)(H,9,10)/t;3-/m.0/s1. The second kappa shape index (κ2) is 11.4. The average molecular weight is 278 g/mol. The van der Waals surface area contributed by atoms with E-state index in [2.05, 4.69) is 0 Å². The number of carboxylic acid groups (broad SMARTS) is 3. The molecule has 2 atom stereocenters. The van der Waals surface area contributed by atoms with Gasteiger partial charge in [-0.2, -0.15) is 0 Å². The summed E-state index contributed by atoms with van der Waals surface area (Å²) in [5.41, 5.74) is 10.2. The maximum Gasteiger partial charge on any atom is 0.320 e. The zero-order valence-corrected chi connectivity index (χ0v) is 10.9. The summed E-state index contributed by atoms with van der Waals surface area (Å²) in [6.45, 7) is 2.01. The SMILES string of the molecule is CCCCC(N)C(=O)O.N[C@@H](CCC(=O)O)C(=O)O. The minimum atomic E-state index is -1.17. The van der Waals surface area contributed by atoms with Crippen LogP contribution in [0.5, 0.6) is 0 Å². The van der Waals surface area contributed by atoms with Gasteiger partial charge in [0.2, 0.25) is 0 Å². The van der Waals surface area contributed by atoms with Gasteiger partial charge in [0.05, 0.1) is 0 Å². The Bertz CT molecular complexity index is 295. The van der Waals surface area contributed by atoms with Crippen LogP contribution in [-0.2, 0) is 14.4 Å². The van der Waals surface area contributed by atoms with Gasteiger partial charge in [0, 0.05) is 6.42 Å². The fourth-order valence-electron chi connectivity index (χ4n) is 0.950. The quantitative estimate of drug-likeness (QED) is 0.409. The molecule has 0 aliphatic rings. The third-order valence-corrected chi connectivity index (χ3v) is 2.17. The summed E-state index contributed by atoms with van der Waals surface area (Å²) in [6, 6.07) is -1.72. The van der Waals surface area contributed by atoms with E-state index in [1.807, 2.05) is 6.92 Å². The van der Waals surface area contributed by atoms with Gasteiger partial charge in [-0.1, -0.05) is 19.8 Å². The Balaban J connectivity index is 0. The van der Waals surface area contributed by atoms with Crippen molar-refractivity contribution in [3.05, 3.63) is 0 Å². The zero-order chi connectivity index (χ0) is 15.4. The molecule has 0 bridgehead atoms.